The molecule has 3 rings (SSSR count). The summed E-state index contributed by atoms with van der Waals surface area (Å²) in [6.07, 6.45) is 2.26. The Hall–Kier alpha value is 0.0600. The van der Waals surface area contributed by atoms with Crippen molar-refractivity contribution in [2.24, 2.45) is 15.9 Å². The number of aliphatic imine (C=N–C) groups is 2. The van der Waals surface area contributed by atoms with Gasteiger partial charge in [-0.25, -0.2) is 9.98 Å². The molecule has 10 heteroatoms. The molecule has 0 unspecified atom stereocenters. The molecule has 1 aromatic rings. The van der Waals surface area contributed by atoms with Gasteiger partial charge in [0.15, 0.2) is 5.84 Å². The standard InChI is InChI=1S/C18H20Cl6N4/c1-27-8-6-12(7-9-27)10-28-11-25-16(18(22,23)24)26-15(28)13-2-4-14(5-3-13)17(19,20)21/h2-5,12H,6-11H2,1H3. The molecule has 0 spiro atoms. The molecule has 1 saturated heterocycles. The summed E-state index contributed by atoms with van der Waals surface area (Å²) in [5.74, 6) is 1.45. The van der Waals surface area contributed by atoms with Gasteiger partial charge in [0.2, 0.25) is 7.59 Å². The van der Waals surface area contributed by atoms with Crippen molar-refractivity contribution in [3.05, 3.63) is 35.4 Å². The van der Waals surface area contributed by atoms with Gasteiger partial charge in [0.25, 0.3) is 0 Å². The first kappa shape index (κ1) is 22.7. The van der Waals surface area contributed by atoms with Crippen LogP contribution < -0.4 is 0 Å². The van der Waals surface area contributed by atoms with Crippen molar-refractivity contribution >= 4 is 81.3 Å². The summed E-state index contributed by atoms with van der Waals surface area (Å²) < 4.78 is -3.16. The van der Waals surface area contributed by atoms with Gasteiger partial charge in [0, 0.05) is 17.7 Å². The minimum atomic E-state index is -1.68. The molecule has 1 fully saturated rings. The molecule has 2 heterocycles. The monoisotopic (exact) mass is 502 g/mol. The van der Waals surface area contributed by atoms with Crippen LogP contribution in [0.4, 0.5) is 0 Å². The second kappa shape index (κ2) is 9.05. The van der Waals surface area contributed by atoms with Crippen molar-refractivity contribution in [1.29, 1.82) is 0 Å². The summed E-state index contributed by atoms with van der Waals surface area (Å²) in [5.41, 5.74) is 1.43. The lowest BCUT2D eigenvalue weighted by molar-refractivity contribution is 0.193. The third-order valence-corrected chi connectivity index (χ3v) is 6.10. The number of alkyl halides is 6. The summed E-state index contributed by atoms with van der Waals surface area (Å²) in [6, 6.07) is 7.25. The van der Waals surface area contributed by atoms with E-state index in [0.29, 0.717) is 24.0 Å². The Morgan fingerprint density at radius 1 is 0.964 bits per heavy atom. The van der Waals surface area contributed by atoms with Crippen LogP contribution in [0.15, 0.2) is 34.3 Å². The zero-order chi connectivity index (χ0) is 20.5. The van der Waals surface area contributed by atoms with E-state index in [4.69, 9.17) is 69.6 Å². The average Bonchev–Trinajstić information content (AvgIpc) is 2.62. The molecule has 0 bridgehead atoms. The van der Waals surface area contributed by atoms with Crippen LogP contribution in [0.1, 0.15) is 24.0 Å². The number of hydrogen-bond acceptors (Lipinski definition) is 4. The molecule has 1 aromatic carbocycles. The number of likely N-dealkylation sites (tertiary alicyclic amines) is 1. The summed E-state index contributed by atoms with van der Waals surface area (Å²) in [4.78, 5) is 13.4. The van der Waals surface area contributed by atoms with E-state index in [0.717, 1.165) is 38.0 Å². The molecule has 0 saturated carbocycles. The Morgan fingerprint density at radius 3 is 2.11 bits per heavy atom. The number of rotatable bonds is 3. The minimum absolute atomic E-state index is 0.178. The van der Waals surface area contributed by atoms with E-state index in [1.807, 2.05) is 12.1 Å². The van der Waals surface area contributed by atoms with Crippen molar-refractivity contribution in [3.63, 3.8) is 0 Å². The molecule has 0 aromatic heterocycles. The lowest BCUT2D eigenvalue weighted by atomic mass is 9.96. The predicted octanol–water partition coefficient (Wildman–Crippen LogP) is 5.64. The Labute approximate surface area is 195 Å². The Bertz CT molecular complexity index is 743. The number of halogens is 6. The highest BCUT2D eigenvalue weighted by atomic mass is 35.6. The van der Waals surface area contributed by atoms with Crippen LogP contribution in [0.5, 0.6) is 0 Å². The topological polar surface area (TPSA) is 31.2 Å². The lowest BCUT2D eigenvalue weighted by Crippen LogP contribution is -2.43. The van der Waals surface area contributed by atoms with E-state index in [9.17, 15) is 0 Å². The summed E-state index contributed by atoms with van der Waals surface area (Å²) >= 11 is 36.0. The Kier molecular flexibility index (Phi) is 7.35. The first-order valence-electron chi connectivity index (χ1n) is 8.85. The van der Waals surface area contributed by atoms with Crippen molar-refractivity contribution in [3.8, 4) is 0 Å². The largest absolute Gasteiger partial charge is 0.336 e. The molecule has 0 atom stereocenters. The summed E-state index contributed by atoms with van der Waals surface area (Å²) in [7, 11) is 2.15. The molecule has 154 valence electrons. The zero-order valence-corrected chi connectivity index (χ0v) is 19.7. The minimum Gasteiger partial charge on any atom is -0.336 e. The number of amidine groups is 2. The van der Waals surface area contributed by atoms with Gasteiger partial charge < -0.3 is 9.80 Å². The average molecular weight is 505 g/mol. The molecule has 4 nitrogen and oxygen atoms in total. The van der Waals surface area contributed by atoms with Crippen LogP contribution in [0.25, 0.3) is 0 Å². The quantitative estimate of drug-likeness (QED) is 0.498. The molecule has 2 aliphatic heterocycles. The third-order valence-electron chi connectivity index (χ3n) is 4.94. The number of hydrogen-bond donors (Lipinski definition) is 0. The maximum Gasteiger partial charge on any atom is 0.249 e. The number of nitrogens with zero attached hydrogens (tertiary/aromatic N) is 4. The highest BCUT2D eigenvalue weighted by Crippen LogP contribution is 2.38. The van der Waals surface area contributed by atoms with Gasteiger partial charge in [-0.05, 0) is 38.9 Å². The van der Waals surface area contributed by atoms with Crippen LogP contribution in [0.3, 0.4) is 0 Å². The van der Waals surface area contributed by atoms with Gasteiger partial charge in [-0.2, -0.15) is 0 Å². The van der Waals surface area contributed by atoms with E-state index in [2.05, 4.69) is 26.8 Å². The van der Waals surface area contributed by atoms with Crippen LogP contribution in [0, 0.1) is 5.92 Å². The second-order valence-corrected chi connectivity index (χ2v) is 11.7. The zero-order valence-electron chi connectivity index (χ0n) is 15.2. The van der Waals surface area contributed by atoms with Gasteiger partial charge in [-0.3, -0.25) is 0 Å². The van der Waals surface area contributed by atoms with Crippen LogP contribution in [-0.4, -0.2) is 58.6 Å². The normalized spacial score (nSPS) is 20.2. The molecule has 0 radical (unpaired) electrons. The molecule has 0 amide bonds. The van der Waals surface area contributed by atoms with Crippen LogP contribution in [-0.2, 0) is 3.79 Å². The van der Waals surface area contributed by atoms with E-state index < -0.39 is 7.59 Å². The summed E-state index contributed by atoms with van der Waals surface area (Å²) in [5, 5.41) is 0. The van der Waals surface area contributed by atoms with Crippen LogP contribution in [0.2, 0.25) is 0 Å². The van der Waals surface area contributed by atoms with Crippen LogP contribution >= 0.6 is 69.6 Å². The maximum atomic E-state index is 6.02. The smallest absolute Gasteiger partial charge is 0.249 e. The first-order chi connectivity index (χ1) is 13.0. The van der Waals surface area contributed by atoms with Gasteiger partial charge in [-0.1, -0.05) is 93.9 Å². The second-order valence-electron chi connectivity index (χ2n) is 7.10. The van der Waals surface area contributed by atoms with E-state index in [1.54, 1.807) is 12.1 Å². The van der Waals surface area contributed by atoms with Crippen molar-refractivity contribution in [1.82, 2.24) is 9.80 Å². The van der Waals surface area contributed by atoms with E-state index >= 15 is 0 Å². The maximum absolute atomic E-state index is 6.02. The molecule has 2 aliphatic rings. The van der Waals surface area contributed by atoms with Gasteiger partial charge in [0.05, 0.1) is 0 Å². The highest BCUT2D eigenvalue weighted by molar-refractivity contribution is 6.77. The highest BCUT2D eigenvalue weighted by Gasteiger charge is 2.33. The number of benzene rings is 1. The predicted molar refractivity (Wildman–Crippen MR) is 122 cm³/mol. The van der Waals surface area contributed by atoms with Gasteiger partial charge in [0.1, 0.15) is 12.5 Å². The van der Waals surface area contributed by atoms with E-state index in [-0.39, 0.29) is 5.84 Å². The number of piperidine rings is 1. The fraction of sp³-hybridized carbons (Fsp3) is 0.556. The SMILES string of the molecule is CN1CCC(CN2CN=C(C(Cl)(Cl)Cl)N=C2c2ccc(C(Cl)(Cl)Cl)cc2)CC1. The molecule has 28 heavy (non-hydrogen) atoms. The Morgan fingerprint density at radius 2 is 1.57 bits per heavy atom. The lowest BCUT2D eigenvalue weighted by Gasteiger charge is -2.35. The fourth-order valence-corrected chi connectivity index (χ4v) is 4.02. The molecular weight excluding hydrogens is 485 g/mol. The van der Waals surface area contributed by atoms with Crippen molar-refractivity contribution < 1.29 is 0 Å². The molecule has 0 aliphatic carbocycles. The third kappa shape index (κ3) is 5.81. The van der Waals surface area contributed by atoms with Crippen molar-refractivity contribution in [2.45, 2.75) is 20.4 Å². The van der Waals surface area contributed by atoms with E-state index in [1.165, 1.54) is 0 Å². The molecular formula is C18H20Cl6N4. The van der Waals surface area contributed by atoms with Gasteiger partial charge in [-0.15, -0.1) is 0 Å². The first-order valence-corrected chi connectivity index (χ1v) is 11.1. The van der Waals surface area contributed by atoms with Crippen molar-refractivity contribution in [2.75, 3.05) is 33.4 Å². The summed E-state index contributed by atoms with van der Waals surface area (Å²) in [6.45, 7) is 3.41. The van der Waals surface area contributed by atoms with Gasteiger partial charge >= 0.3 is 0 Å². The fourth-order valence-electron chi connectivity index (χ4n) is 3.33. The molecule has 0 N–H and O–H groups in total. The Balaban J connectivity index is 1.86.